The molecule has 3 N–H and O–H groups in total. The molecule has 0 aromatic heterocycles. The highest BCUT2D eigenvalue weighted by atomic mass is 16.5. The standard InChI is InChI=1S/C8H21N3O/c1-5-12-7-8(2,6-9)10-11(3)4/h10H,5-7,9H2,1-4H3. The van der Waals surface area contributed by atoms with E-state index in [-0.39, 0.29) is 5.54 Å². The third-order valence-electron chi connectivity index (χ3n) is 1.57. The molecule has 0 aliphatic rings. The average Bonchev–Trinajstić information content (AvgIpc) is 2.00. The van der Waals surface area contributed by atoms with Crippen LogP contribution in [0.3, 0.4) is 0 Å². The number of nitrogens with two attached hydrogens (primary N) is 1. The molecular weight excluding hydrogens is 154 g/mol. The fraction of sp³-hybridized carbons (Fsp3) is 1.00. The second-order valence-electron chi connectivity index (χ2n) is 3.41. The Labute approximate surface area is 75.0 Å². The van der Waals surface area contributed by atoms with Gasteiger partial charge in [0.2, 0.25) is 0 Å². The largest absolute Gasteiger partial charge is 0.380 e. The third kappa shape index (κ3) is 4.66. The van der Waals surface area contributed by atoms with E-state index in [0.29, 0.717) is 13.2 Å². The van der Waals surface area contributed by atoms with Crippen LogP contribution in [0.1, 0.15) is 13.8 Å². The minimum Gasteiger partial charge on any atom is -0.380 e. The lowest BCUT2D eigenvalue weighted by Crippen LogP contribution is -2.57. The summed E-state index contributed by atoms with van der Waals surface area (Å²) >= 11 is 0. The Kier molecular flexibility index (Phi) is 5.41. The summed E-state index contributed by atoms with van der Waals surface area (Å²) in [6.07, 6.45) is 0. The molecule has 0 aromatic rings. The van der Waals surface area contributed by atoms with E-state index >= 15 is 0 Å². The lowest BCUT2D eigenvalue weighted by Gasteiger charge is -2.32. The Bertz CT molecular complexity index is 119. The monoisotopic (exact) mass is 175 g/mol. The summed E-state index contributed by atoms with van der Waals surface area (Å²) in [5.74, 6) is 0. The van der Waals surface area contributed by atoms with Gasteiger partial charge in [-0.2, -0.15) is 0 Å². The first-order valence-electron chi connectivity index (χ1n) is 4.27. The summed E-state index contributed by atoms with van der Waals surface area (Å²) in [6.45, 7) is 5.95. The Hall–Kier alpha value is -0.160. The highest BCUT2D eigenvalue weighted by Crippen LogP contribution is 2.01. The van der Waals surface area contributed by atoms with E-state index in [4.69, 9.17) is 10.5 Å². The molecule has 12 heavy (non-hydrogen) atoms. The van der Waals surface area contributed by atoms with Crippen LogP contribution < -0.4 is 11.2 Å². The fourth-order valence-corrected chi connectivity index (χ4v) is 1.00. The van der Waals surface area contributed by atoms with Crippen LogP contribution in [0.2, 0.25) is 0 Å². The highest BCUT2D eigenvalue weighted by molar-refractivity contribution is 4.81. The first-order valence-corrected chi connectivity index (χ1v) is 4.27. The first kappa shape index (κ1) is 11.8. The van der Waals surface area contributed by atoms with Gasteiger partial charge >= 0.3 is 0 Å². The predicted octanol–water partition coefficient (Wildman–Crippen LogP) is -0.193. The van der Waals surface area contributed by atoms with E-state index in [2.05, 4.69) is 5.43 Å². The number of nitrogens with one attached hydrogen (secondary N) is 1. The van der Waals surface area contributed by atoms with Gasteiger partial charge < -0.3 is 10.5 Å². The Morgan fingerprint density at radius 3 is 2.42 bits per heavy atom. The molecule has 74 valence electrons. The smallest absolute Gasteiger partial charge is 0.0670 e. The summed E-state index contributed by atoms with van der Waals surface area (Å²) in [7, 11) is 3.89. The molecule has 1 atom stereocenters. The number of ether oxygens (including phenoxy) is 1. The molecule has 0 aliphatic heterocycles. The zero-order chi connectivity index (χ0) is 9.61. The normalized spacial score (nSPS) is 16.5. The van der Waals surface area contributed by atoms with Crippen LogP contribution in [0.25, 0.3) is 0 Å². The quantitative estimate of drug-likeness (QED) is 0.549. The molecule has 1 unspecified atom stereocenters. The molecule has 0 rings (SSSR count). The summed E-state index contributed by atoms with van der Waals surface area (Å²) in [6, 6.07) is 0. The van der Waals surface area contributed by atoms with Crippen molar-refractivity contribution in [1.29, 1.82) is 0 Å². The van der Waals surface area contributed by atoms with Crippen LogP contribution in [0.15, 0.2) is 0 Å². The SMILES string of the molecule is CCOCC(C)(CN)NN(C)C. The van der Waals surface area contributed by atoms with Crippen molar-refractivity contribution in [3.8, 4) is 0 Å². The van der Waals surface area contributed by atoms with Crippen LogP contribution in [0, 0.1) is 0 Å². The van der Waals surface area contributed by atoms with Crippen molar-refractivity contribution in [1.82, 2.24) is 10.4 Å². The van der Waals surface area contributed by atoms with Gasteiger partial charge in [-0.15, -0.1) is 0 Å². The van der Waals surface area contributed by atoms with Gasteiger partial charge in [0.25, 0.3) is 0 Å². The number of rotatable bonds is 6. The third-order valence-corrected chi connectivity index (χ3v) is 1.57. The minimum atomic E-state index is -0.153. The second-order valence-corrected chi connectivity index (χ2v) is 3.41. The molecule has 0 saturated carbocycles. The minimum absolute atomic E-state index is 0.153. The molecule has 4 heteroatoms. The van der Waals surface area contributed by atoms with Gasteiger partial charge in [-0.1, -0.05) is 0 Å². The number of hydrogen-bond acceptors (Lipinski definition) is 4. The van der Waals surface area contributed by atoms with Gasteiger partial charge in [0.05, 0.1) is 12.1 Å². The molecule has 0 bridgehead atoms. The number of nitrogens with zero attached hydrogens (tertiary/aromatic N) is 1. The van der Waals surface area contributed by atoms with E-state index < -0.39 is 0 Å². The topological polar surface area (TPSA) is 50.5 Å². The lowest BCUT2D eigenvalue weighted by molar-refractivity contribution is 0.0520. The van der Waals surface area contributed by atoms with Crippen LogP contribution in [0.4, 0.5) is 0 Å². The van der Waals surface area contributed by atoms with E-state index in [1.165, 1.54) is 0 Å². The van der Waals surface area contributed by atoms with Crippen LogP contribution >= 0.6 is 0 Å². The average molecular weight is 175 g/mol. The van der Waals surface area contributed by atoms with Gasteiger partial charge in [-0.3, -0.25) is 0 Å². The molecule has 0 spiro atoms. The first-order chi connectivity index (χ1) is 5.54. The molecule has 0 radical (unpaired) electrons. The van der Waals surface area contributed by atoms with Crippen molar-refractivity contribution < 1.29 is 4.74 Å². The summed E-state index contributed by atoms with van der Waals surface area (Å²) in [5, 5.41) is 1.89. The van der Waals surface area contributed by atoms with Gasteiger partial charge in [-0.05, 0) is 13.8 Å². The van der Waals surface area contributed by atoms with Crippen LogP contribution in [-0.2, 0) is 4.74 Å². The van der Waals surface area contributed by atoms with Gasteiger partial charge in [0, 0.05) is 27.2 Å². The molecule has 0 heterocycles. The molecule has 0 saturated heterocycles. The zero-order valence-electron chi connectivity index (χ0n) is 8.55. The molecule has 0 aliphatic carbocycles. The number of hydrogen-bond donors (Lipinski definition) is 2. The maximum Gasteiger partial charge on any atom is 0.0670 e. The van der Waals surface area contributed by atoms with Crippen molar-refractivity contribution in [3.05, 3.63) is 0 Å². The molecule has 0 amide bonds. The van der Waals surface area contributed by atoms with Gasteiger partial charge in [0.15, 0.2) is 0 Å². The summed E-state index contributed by atoms with van der Waals surface area (Å²) in [5.41, 5.74) is 8.70. The van der Waals surface area contributed by atoms with Crippen molar-refractivity contribution in [3.63, 3.8) is 0 Å². The zero-order valence-corrected chi connectivity index (χ0v) is 8.55. The van der Waals surface area contributed by atoms with E-state index in [9.17, 15) is 0 Å². The highest BCUT2D eigenvalue weighted by Gasteiger charge is 2.22. The molecule has 0 aromatic carbocycles. The summed E-state index contributed by atoms with van der Waals surface area (Å²) < 4.78 is 5.32. The van der Waals surface area contributed by atoms with E-state index in [1.807, 2.05) is 33.0 Å². The van der Waals surface area contributed by atoms with E-state index in [0.717, 1.165) is 6.61 Å². The Morgan fingerprint density at radius 1 is 1.50 bits per heavy atom. The number of hydrazine groups is 1. The second kappa shape index (κ2) is 5.48. The lowest BCUT2D eigenvalue weighted by atomic mass is 10.1. The van der Waals surface area contributed by atoms with Crippen molar-refractivity contribution in [2.45, 2.75) is 19.4 Å². The summed E-state index contributed by atoms with van der Waals surface area (Å²) in [4.78, 5) is 0. The molecule has 0 fully saturated rings. The Balaban J connectivity index is 3.86. The fourth-order valence-electron chi connectivity index (χ4n) is 1.00. The Morgan fingerprint density at radius 2 is 2.08 bits per heavy atom. The maximum absolute atomic E-state index is 5.63. The van der Waals surface area contributed by atoms with Crippen molar-refractivity contribution >= 4 is 0 Å². The maximum atomic E-state index is 5.63. The van der Waals surface area contributed by atoms with Crippen LogP contribution in [0.5, 0.6) is 0 Å². The van der Waals surface area contributed by atoms with E-state index in [1.54, 1.807) is 0 Å². The van der Waals surface area contributed by atoms with Crippen molar-refractivity contribution in [2.24, 2.45) is 5.73 Å². The van der Waals surface area contributed by atoms with Crippen LogP contribution in [-0.4, -0.2) is 44.4 Å². The molecular formula is C8H21N3O. The molecule has 4 nitrogen and oxygen atoms in total. The van der Waals surface area contributed by atoms with Gasteiger partial charge in [0.1, 0.15) is 0 Å². The predicted molar refractivity (Wildman–Crippen MR) is 50.8 cm³/mol. The van der Waals surface area contributed by atoms with Gasteiger partial charge in [-0.25, -0.2) is 10.4 Å². The van der Waals surface area contributed by atoms with Crippen molar-refractivity contribution in [2.75, 3.05) is 33.9 Å².